The number of aliphatic carboxylic acids is 1. The molecule has 1 aromatic carbocycles. The van der Waals surface area contributed by atoms with Crippen molar-refractivity contribution in [2.75, 3.05) is 18.4 Å². The summed E-state index contributed by atoms with van der Waals surface area (Å²) >= 11 is 8.90. The third kappa shape index (κ3) is 6.21. The van der Waals surface area contributed by atoms with E-state index in [0.29, 0.717) is 4.47 Å². The van der Waals surface area contributed by atoms with Crippen LogP contribution >= 0.6 is 27.5 Å². The number of hydrogen-bond acceptors (Lipinski definition) is 2. The second-order valence-corrected chi connectivity index (χ2v) is 5.19. The highest BCUT2D eigenvalue weighted by molar-refractivity contribution is 9.10. The maximum absolute atomic E-state index is 12.3. The first-order chi connectivity index (χ1) is 9.58. The highest BCUT2D eigenvalue weighted by Gasteiger charge is 2.34. The maximum atomic E-state index is 12.3. The van der Waals surface area contributed by atoms with Crippen molar-refractivity contribution in [3.63, 3.8) is 0 Å². The van der Waals surface area contributed by atoms with Crippen molar-refractivity contribution in [1.29, 1.82) is 0 Å². The lowest BCUT2D eigenvalue weighted by atomic mass is 10.3. The molecule has 0 aliphatic rings. The minimum absolute atomic E-state index is 0.137. The van der Waals surface area contributed by atoms with E-state index >= 15 is 0 Å². The molecule has 0 fully saturated rings. The number of benzene rings is 1. The van der Waals surface area contributed by atoms with Gasteiger partial charge in [0, 0.05) is 10.2 Å². The zero-order valence-corrected chi connectivity index (χ0v) is 12.6. The summed E-state index contributed by atoms with van der Waals surface area (Å²) in [5.74, 6) is -1.55. The normalized spacial score (nSPS) is 11.1. The Morgan fingerprint density at radius 1 is 1.38 bits per heavy atom. The lowest BCUT2D eigenvalue weighted by Crippen LogP contribution is -2.44. The SMILES string of the molecule is O=C(O)CN(CC(F)(F)F)C(=O)Nc1ccc(Br)c(Cl)c1. The summed E-state index contributed by atoms with van der Waals surface area (Å²) in [6.45, 7) is -2.75. The topological polar surface area (TPSA) is 69.6 Å². The minimum atomic E-state index is -4.70. The number of hydrogen-bond donors (Lipinski definition) is 2. The summed E-state index contributed by atoms with van der Waals surface area (Å²) in [5, 5.41) is 11.0. The van der Waals surface area contributed by atoms with Gasteiger partial charge in [0.15, 0.2) is 0 Å². The van der Waals surface area contributed by atoms with Gasteiger partial charge in [0.1, 0.15) is 13.1 Å². The zero-order chi connectivity index (χ0) is 16.2. The monoisotopic (exact) mass is 388 g/mol. The molecule has 0 unspecified atom stereocenters. The molecule has 5 nitrogen and oxygen atoms in total. The van der Waals surface area contributed by atoms with Crippen LogP contribution in [-0.4, -0.2) is 41.3 Å². The smallest absolute Gasteiger partial charge is 0.406 e. The highest BCUT2D eigenvalue weighted by atomic mass is 79.9. The number of amides is 2. The summed E-state index contributed by atoms with van der Waals surface area (Å²) in [6.07, 6.45) is -4.70. The van der Waals surface area contributed by atoms with Gasteiger partial charge in [0.05, 0.1) is 5.02 Å². The van der Waals surface area contributed by atoms with Crippen LogP contribution in [0.25, 0.3) is 0 Å². The quantitative estimate of drug-likeness (QED) is 0.827. The molecule has 0 radical (unpaired) electrons. The standard InChI is InChI=1S/C11H9BrClF3N2O3/c12-7-2-1-6(3-8(7)13)17-10(21)18(4-9(19)20)5-11(14,15)16/h1-3H,4-5H2,(H,17,21)(H,19,20). The summed E-state index contributed by atoms with van der Waals surface area (Å²) in [7, 11) is 0. The molecular weight excluding hydrogens is 380 g/mol. The number of halogens is 5. The molecule has 0 aliphatic carbocycles. The van der Waals surface area contributed by atoms with E-state index in [9.17, 15) is 22.8 Å². The van der Waals surface area contributed by atoms with Gasteiger partial charge in [-0.25, -0.2) is 4.79 Å². The average Bonchev–Trinajstić information content (AvgIpc) is 2.30. The van der Waals surface area contributed by atoms with Crippen molar-refractivity contribution >= 4 is 45.2 Å². The van der Waals surface area contributed by atoms with Gasteiger partial charge in [-0.2, -0.15) is 13.2 Å². The Morgan fingerprint density at radius 2 is 2.00 bits per heavy atom. The van der Waals surface area contributed by atoms with Crippen LogP contribution in [0.3, 0.4) is 0 Å². The molecule has 0 atom stereocenters. The average molecular weight is 390 g/mol. The van der Waals surface area contributed by atoms with Crippen LogP contribution in [0.2, 0.25) is 5.02 Å². The fourth-order valence-electron chi connectivity index (χ4n) is 1.36. The molecule has 0 aliphatic heterocycles. The Hall–Kier alpha value is -1.48. The number of nitrogens with zero attached hydrogens (tertiary/aromatic N) is 1. The minimum Gasteiger partial charge on any atom is -0.480 e. The predicted molar refractivity (Wildman–Crippen MR) is 73.4 cm³/mol. The first-order valence-electron chi connectivity index (χ1n) is 5.38. The first kappa shape index (κ1) is 17.6. The molecule has 2 amide bonds. The molecule has 2 N–H and O–H groups in total. The van der Waals surface area contributed by atoms with Gasteiger partial charge >= 0.3 is 18.2 Å². The van der Waals surface area contributed by atoms with Crippen molar-refractivity contribution in [2.24, 2.45) is 0 Å². The van der Waals surface area contributed by atoms with Crippen LogP contribution in [0.5, 0.6) is 0 Å². The molecule has 1 aromatic rings. The molecule has 0 saturated carbocycles. The van der Waals surface area contributed by atoms with Crippen molar-refractivity contribution in [1.82, 2.24) is 4.90 Å². The van der Waals surface area contributed by atoms with Gasteiger partial charge in [-0.1, -0.05) is 11.6 Å². The van der Waals surface area contributed by atoms with E-state index in [1.165, 1.54) is 18.2 Å². The number of carbonyl (C=O) groups is 2. The van der Waals surface area contributed by atoms with Gasteiger partial charge in [0.2, 0.25) is 0 Å². The Bertz CT molecular complexity index is 554. The van der Waals surface area contributed by atoms with E-state index in [0.717, 1.165) is 0 Å². The van der Waals surface area contributed by atoms with E-state index in [-0.39, 0.29) is 15.6 Å². The number of urea groups is 1. The Balaban J connectivity index is 2.84. The fourth-order valence-corrected chi connectivity index (χ4v) is 1.78. The van der Waals surface area contributed by atoms with Gasteiger partial charge in [-0.3, -0.25) is 4.79 Å². The van der Waals surface area contributed by atoms with E-state index in [2.05, 4.69) is 21.2 Å². The molecular formula is C11H9BrClF3N2O3. The number of carbonyl (C=O) groups excluding carboxylic acids is 1. The van der Waals surface area contributed by atoms with Crippen LogP contribution in [0.4, 0.5) is 23.7 Å². The number of carboxylic acids is 1. The molecule has 1 rings (SSSR count). The molecule has 116 valence electrons. The van der Waals surface area contributed by atoms with Crippen LogP contribution in [-0.2, 0) is 4.79 Å². The van der Waals surface area contributed by atoms with Gasteiger partial charge in [-0.15, -0.1) is 0 Å². The number of nitrogens with one attached hydrogen (secondary N) is 1. The zero-order valence-electron chi connectivity index (χ0n) is 10.2. The lowest BCUT2D eigenvalue weighted by Gasteiger charge is -2.22. The predicted octanol–water partition coefficient (Wildman–Crippen LogP) is 3.58. The first-order valence-corrected chi connectivity index (χ1v) is 6.55. The number of rotatable bonds is 4. The molecule has 21 heavy (non-hydrogen) atoms. The fraction of sp³-hybridized carbons (Fsp3) is 0.273. The molecule has 0 spiro atoms. The third-order valence-electron chi connectivity index (χ3n) is 2.15. The van der Waals surface area contributed by atoms with E-state index in [4.69, 9.17) is 16.7 Å². The Morgan fingerprint density at radius 3 is 2.48 bits per heavy atom. The van der Waals surface area contributed by atoms with E-state index in [1.54, 1.807) is 0 Å². The van der Waals surface area contributed by atoms with E-state index < -0.39 is 31.3 Å². The Labute approximate surface area is 130 Å². The molecule has 0 saturated heterocycles. The van der Waals surface area contributed by atoms with Crippen molar-refractivity contribution in [3.8, 4) is 0 Å². The summed E-state index contributed by atoms with van der Waals surface area (Å²) in [4.78, 5) is 22.4. The highest BCUT2D eigenvalue weighted by Crippen LogP contribution is 2.26. The van der Waals surface area contributed by atoms with Gasteiger partial charge in [0.25, 0.3) is 0 Å². The van der Waals surface area contributed by atoms with Gasteiger partial charge in [-0.05, 0) is 34.1 Å². The van der Waals surface area contributed by atoms with Crippen LogP contribution in [0.15, 0.2) is 22.7 Å². The number of alkyl halides is 3. The number of carboxylic acid groups (broad SMARTS) is 1. The largest absolute Gasteiger partial charge is 0.480 e. The lowest BCUT2D eigenvalue weighted by molar-refractivity contribution is -0.148. The number of anilines is 1. The van der Waals surface area contributed by atoms with E-state index in [1.807, 2.05) is 0 Å². The molecule has 0 bridgehead atoms. The van der Waals surface area contributed by atoms with Crippen molar-refractivity contribution in [2.45, 2.75) is 6.18 Å². The van der Waals surface area contributed by atoms with Crippen LogP contribution in [0, 0.1) is 0 Å². The Kier molecular flexibility index (Phi) is 5.85. The summed E-state index contributed by atoms with van der Waals surface area (Å²) in [6, 6.07) is 3.02. The molecule has 0 heterocycles. The van der Waals surface area contributed by atoms with Crippen molar-refractivity contribution in [3.05, 3.63) is 27.7 Å². The van der Waals surface area contributed by atoms with Gasteiger partial charge < -0.3 is 15.3 Å². The summed E-state index contributed by atoms with van der Waals surface area (Å²) in [5.41, 5.74) is 0.144. The van der Waals surface area contributed by atoms with Crippen LogP contribution in [0.1, 0.15) is 0 Å². The maximum Gasteiger partial charge on any atom is 0.406 e. The second-order valence-electron chi connectivity index (χ2n) is 3.92. The molecule has 0 aromatic heterocycles. The molecule has 10 heteroatoms. The second kappa shape index (κ2) is 6.99. The third-order valence-corrected chi connectivity index (χ3v) is 3.39. The summed E-state index contributed by atoms with van der Waals surface area (Å²) < 4.78 is 37.5. The van der Waals surface area contributed by atoms with Crippen molar-refractivity contribution < 1.29 is 27.9 Å². The van der Waals surface area contributed by atoms with Crippen LogP contribution < -0.4 is 5.32 Å².